The van der Waals surface area contributed by atoms with Crippen LogP contribution in [0, 0.1) is 0 Å². The molecule has 1 aromatic carbocycles. The number of carbonyl (C=O) groups excluding carboxylic acids is 2. The second kappa shape index (κ2) is 6.95. The molecule has 8 nitrogen and oxygen atoms in total. The lowest BCUT2D eigenvalue weighted by Crippen LogP contribution is -2.50. The monoisotopic (exact) mass is 357 g/mol. The molecule has 2 N–H and O–H groups in total. The highest BCUT2D eigenvalue weighted by atomic mass is 16.5. The Morgan fingerprint density at radius 2 is 2.15 bits per heavy atom. The van der Waals surface area contributed by atoms with Gasteiger partial charge >= 0.3 is 0 Å². The van der Waals surface area contributed by atoms with E-state index >= 15 is 0 Å². The molecule has 0 saturated carbocycles. The molecule has 2 aliphatic heterocycles. The third-order valence-corrected chi connectivity index (χ3v) is 5.00. The Balaban J connectivity index is 1.56. The van der Waals surface area contributed by atoms with Crippen LogP contribution < -0.4 is 15.5 Å². The summed E-state index contributed by atoms with van der Waals surface area (Å²) in [5, 5.41) is 5.60. The maximum atomic E-state index is 12.5. The lowest BCUT2D eigenvalue weighted by atomic mass is 10.1. The largest absolute Gasteiger partial charge is 0.378 e. The van der Waals surface area contributed by atoms with Gasteiger partial charge in [-0.2, -0.15) is 0 Å². The Morgan fingerprint density at radius 3 is 2.92 bits per heavy atom. The molecule has 2 amide bonds. The van der Waals surface area contributed by atoms with E-state index in [9.17, 15) is 9.59 Å². The van der Waals surface area contributed by atoms with Crippen molar-refractivity contribution in [2.24, 2.45) is 7.05 Å². The minimum atomic E-state index is -0.459. The van der Waals surface area contributed by atoms with Crippen LogP contribution in [0.2, 0.25) is 0 Å². The molecule has 2 aromatic rings. The number of anilines is 1. The molecule has 2 aliphatic rings. The first-order valence-corrected chi connectivity index (χ1v) is 9.01. The van der Waals surface area contributed by atoms with Crippen LogP contribution in [0.5, 0.6) is 0 Å². The summed E-state index contributed by atoms with van der Waals surface area (Å²) in [5.74, 6) is 0.526. The number of piperidine rings is 1. The fourth-order valence-electron chi connectivity index (χ4n) is 3.53. The van der Waals surface area contributed by atoms with Gasteiger partial charge in [-0.1, -0.05) is 0 Å². The molecular weight excluding hydrogens is 334 g/mol. The summed E-state index contributed by atoms with van der Waals surface area (Å²) < 4.78 is 7.44. The predicted molar refractivity (Wildman–Crippen MR) is 97.2 cm³/mol. The number of nitrogens with one attached hydrogen (secondary N) is 2. The lowest BCUT2D eigenvalue weighted by molar-refractivity contribution is -0.124. The molecule has 8 heteroatoms. The Labute approximate surface area is 151 Å². The van der Waals surface area contributed by atoms with Crippen molar-refractivity contribution in [3.8, 4) is 0 Å². The van der Waals surface area contributed by atoms with Gasteiger partial charge < -0.3 is 24.8 Å². The number of hydrogen-bond acceptors (Lipinski definition) is 5. The molecular formula is C18H23N5O3. The number of nitrogens with zero attached hydrogens (tertiary/aromatic N) is 3. The summed E-state index contributed by atoms with van der Waals surface area (Å²) in [4.78, 5) is 31.3. The van der Waals surface area contributed by atoms with Gasteiger partial charge in [-0.15, -0.1) is 0 Å². The first-order chi connectivity index (χ1) is 12.6. The summed E-state index contributed by atoms with van der Waals surface area (Å²) in [6.45, 7) is 3.68. The van der Waals surface area contributed by atoms with Crippen LogP contribution in [0.1, 0.15) is 23.2 Å². The number of ether oxygens (including phenoxy) is 1. The average Bonchev–Trinajstić information content (AvgIpc) is 3.00. The molecule has 26 heavy (non-hydrogen) atoms. The standard InChI is InChI=1S/C18H23N5O3/c1-22-15-5-4-12(16(24)20-13-3-2-6-19-17(13)25)11-14(15)21-18(22)23-7-9-26-10-8-23/h4-5,11,13H,2-3,6-10H2,1H3,(H,19,25)(H,20,24)/t13-/m1/s1. The molecule has 138 valence electrons. The summed E-state index contributed by atoms with van der Waals surface area (Å²) in [6, 6.07) is 5.01. The average molecular weight is 357 g/mol. The molecule has 0 radical (unpaired) electrons. The molecule has 0 aliphatic carbocycles. The van der Waals surface area contributed by atoms with Gasteiger partial charge in [0.2, 0.25) is 11.9 Å². The summed E-state index contributed by atoms with van der Waals surface area (Å²) >= 11 is 0. The van der Waals surface area contributed by atoms with Crippen LogP contribution in [0.25, 0.3) is 11.0 Å². The number of fused-ring (bicyclic) bond motifs is 1. The SMILES string of the molecule is Cn1c(N2CCOCC2)nc2cc(C(=O)N[C@@H]3CCCNC3=O)ccc21. The van der Waals surface area contributed by atoms with E-state index in [0.717, 1.165) is 36.5 Å². The van der Waals surface area contributed by atoms with Crippen LogP contribution in [0.15, 0.2) is 18.2 Å². The van der Waals surface area contributed by atoms with Crippen molar-refractivity contribution >= 4 is 28.8 Å². The van der Waals surface area contributed by atoms with E-state index in [1.165, 1.54) is 0 Å². The Bertz CT molecular complexity index is 841. The van der Waals surface area contributed by atoms with Crippen LogP contribution in [0.4, 0.5) is 5.95 Å². The van der Waals surface area contributed by atoms with Gasteiger partial charge in [0.05, 0.1) is 24.2 Å². The van der Waals surface area contributed by atoms with E-state index in [1.807, 2.05) is 17.7 Å². The number of hydrogen-bond donors (Lipinski definition) is 2. The number of aromatic nitrogens is 2. The van der Waals surface area contributed by atoms with E-state index in [1.54, 1.807) is 12.1 Å². The first-order valence-electron chi connectivity index (χ1n) is 9.01. The topological polar surface area (TPSA) is 88.5 Å². The quantitative estimate of drug-likeness (QED) is 0.831. The number of morpholine rings is 1. The van der Waals surface area contributed by atoms with Gasteiger partial charge in [0, 0.05) is 32.2 Å². The number of imidazole rings is 1. The second-order valence-electron chi connectivity index (χ2n) is 6.73. The first kappa shape index (κ1) is 16.8. The van der Waals surface area contributed by atoms with Gasteiger partial charge in [0.1, 0.15) is 6.04 Å². The molecule has 0 unspecified atom stereocenters. The van der Waals surface area contributed by atoms with E-state index in [2.05, 4.69) is 15.5 Å². The summed E-state index contributed by atoms with van der Waals surface area (Å²) in [5.41, 5.74) is 2.26. The minimum absolute atomic E-state index is 0.113. The van der Waals surface area contributed by atoms with Crippen LogP contribution in [-0.4, -0.2) is 60.3 Å². The zero-order chi connectivity index (χ0) is 18.1. The molecule has 2 fully saturated rings. The highest BCUT2D eigenvalue weighted by Crippen LogP contribution is 2.23. The fourth-order valence-corrected chi connectivity index (χ4v) is 3.53. The van der Waals surface area contributed by atoms with E-state index < -0.39 is 6.04 Å². The van der Waals surface area contributed by atoms with Gasteiger partial charge in [0.25, 0.3) is 5.91 Å². The molecule has 2 saturated heterocycles. The van der Waals surface area contributed by atoms with Crippen molar-refractivity contribution < 1.29 is 14.3 Å². The molecule has 0 bridgehead atoms. The van der Waals surface area contributed by atoms with Crippen molar-refractivity contribution in [2.45, 2.75) is 18.9 Å². The van der Waals surface area contributed by atoms with Crippen molar-refractivity contribution in [3.05, 3.63) is 23.8 Å². The number of carbonyl (C=O) groups is 2. The van der Waals surface area contributed by atoms with Crippen molar-refractivity contribution in [1.29, 1.82) is 0 Å². The highest BCUT2D eigenvalue weighted by Gasteiger charge is 2.24. The second-order valence-corrected chi connectivity index (χ2v) is 6.73. The number of amides is 2. The summed E-state index contributed by atoms with van der Waals surface area (Å²) in [6.07, 6.45) is 1.55. The number of rotatable bonds is 3. The lowest BCUT2D eigenvalue weighted by Gasteiger charge is -2.27. The van der Waals surface area contributed by atoms with Crippen molar-refractivity contribution in [2.75, 3.05) is 37.7 Å². The normalized spacial score (nSPS) is 20.9. The van der Waals surface area contributed by atoms with Crippen LogP contribution >= 0.6 is 0 Å². The van der Waals surface area contributed by atoms with Crippen LogP contribution in [0.3, 0.4) is 0 Å². The van der Waals surface area contributed by atoms with E-state index in [4.69, 9.17) is 9.72 Å². The third kappa shape index (κ3) is 3.12. The molecule has 1 aromatic heterocycles. The van der Waals surface area contributed by atoms with Crippen molar-refractivity contribution in [1.82, 2.24) is 20.2 Å². The Morgan fingerprint density at radius 1 is 1.35 bits per heavy atom. The van der Waals surface area contributed by atoms with E-state index in [-0.39, 0.29) is 11.8 Å². The Hall–Kier alpha value is -2.61. The molecule has 0 spiro atoms. The smallest absolute Gasteiger partial charge is 0.252 e. The van der Waals surface area contributed by atoms with Gasteiger partial charge in [-0.25, -0.2) is 4.98 Å². The zero-order valence-electron chi connectivity index (χ0n) is 14.8. The fraction of sp³-hybridized carbons (Fsp3) is 0.500. The highest BCUT2D eigenvalue weighted by molar-refractivity contribution is 6.00. The van der Waals surface area contributed by atoms with Gasteiger partial charge in [-0.05, 0) is 31.0 Å². The zero-order valence-corrected chi connectivity index (χ0v) is 14.8. The minimum Gasteiger partial charge on any atom is -0.378 e. The summed E-state index contributed by atoms with van der Waals surface area (Å²) in [7, 11) is 1.98. The van der Waals surface area contributed by atoms with Gasteiger partial charge in [-0.3, -0.25) is 9.59 Å². The molecule has 4 rings (SSSR count). The number of benzene rings is 1. The van der Waals surface area contributed by atoms with Crippen LogP contribution in [-0.2, 0) is 16.6 Å². The third-order valence-electron chi connectivity index (χ3n) is 5.00. The maximum absolute atomic E-state index is 12.5. The van der Waals surface area contributed by atoms with Crippen molar-refractivity contribution in [3.63, 3.8) is 0 Å². The van der Waals surface area contributed by atoms with Gasteiger partial charge in [0.15, 0.2) is 0 Å². The molecule has 1 atom stereocenters. The Kier molecular flexibility index (Phi) is 4.50. The number of aryl methyl sites for hydroxylation is 1. The van der Waals surface area contributed by atoms with E-state index in [0.29, 0.717) is 31.7 Å². The maximum Gasteiger partial charge on any atom is 0.252 e. The predicted octanol–water partition coefficient (Wildman–Crippen LogP) is 0.418. The molecule has 3 heterocycles.